The zero-order valence-corrected chi connectivity index (χ0v) is 23.9. The first-order valence-corrected chi connectivity index (χ1v) is 13.7. The Morgan fingerprint density at radius 3 is 2.30 bits per heavy atom. The molecular formula is C27H40N4O5S. The van der Waals surface area contributed by atoms with Crippen LogP contribution in [0.4, 0.5) is 5.69 Å². The molecule has 37 heavy (non-hydrogen) atoms. The van der Waals surface area contributed by atoms with E-state index in [0.717, 1.165) is 19.7 Å². The number of nitrogens with one attached hydrogen (secondary N) is 1. The van der Waals surface area contributed by atoms with Crippen LogP contribution in [0.25, 0.3) is 0 Å². The highest BCUT2D eigenvalue weighted by atomic mass is 32.2. The van der Waals surface area contributed by atoms with Gasteiger partial charge in [0.25, 0.3) is 0 Å². The molecule has 0 heterocycles. The van der Waals surface area contributed by atoms with E-state index in [1.165, 1.54) is 19.0 Å². The summed E-state index contributed by atoms with van der Waals surface area (Å²) in [5, 5.41) is 2.89. The van der Waals surface area contributed by atoms with Crippen LogP contribution in [0, 0.1) is 13.8 Å². The van der Waals surface area contributed by atoms with Gasteiger partial charge in [0.05, 0.1) is 12.8 Å². The molecule has 2 rings (SSSR count). The molecule has 0 saturated heterocycles. The minimum Gasteiger partial charge on any atom is -0.497 e. The van der Waals surface area contributed by atoms with Crippen molar-refractivity contribution in [3.05, 3.63) is 59.2 Å². The number of carbonyl (C=O) groups excluding carboxylic acids is 2. The molecule has 2 aromatic carbocycles. The lowest BCUT2D eigenvalue weighted by atomic mass is 10.1. The molecule has 1 atom stereocenters. The lowest BCUT2D eigenvalue weighted by molar-refractivity contribution is -0.140. The van der Waals surface area contributed by atoms with Gasteiger partial charge >= 0.3 is 10.2 Å². The Labute approximate surface area is 221 Å². The van der Waals surface area contributed by atoms with E-state index >= 15 is 0 Å². The van der Waals surface area contributed by atoms with Gasteiger partial charge in [0.15, 0.2) is 0 Å². The fraction of sp³-hybridized carbons (Fsp3) is 0.481. The summed E-state index contributed by atoms with van der Waals surface area (Å²) in [6, 6.07) is 11.8. The van der Waals surface area contributed by atoms with Gasteiger partial charge in [-0.3, -0.25) is 9.59 Å². The lowest BCUT2D eigenvalue weighted by Crippen LogP contribution is -2.54. The van der Waals surface area contributed by atoms with Crippen LogP contribution in [0.3, 0.4) is 0 Å². The van der Waals surface area contributed by atoms with E-state index in [4.69, 9.17) is 4.74 Å². The second kappa shape index (κ2) is 12.9. The van der Waals surface area contributed by atoms with Crippen LogP contribution < -0.4 is 14.4 Å². The number of nitrogens with zero attached hydrogens (tertiary/aromatic N) is 3. The fourth-order valence-electron chi connectivity index (χ4n) is 3.96. The topological polar surface area (TPSA) is 99.3 Å². The number of amides is 2. The van der Waals surface area contributed by atoms with Crippen molar-refractivity contribution in [1.82, 2.24) is 14.5 Å². The maximum atomic E-state index is 13.9. The second-order valence-electron chi connectivity index (χ2n) is 9.55. The summed E-state index contributed by atoms with van der Waals surface area (Å²) in [6.45, 7) is 8.86. The predicted molar refractivity (Wildman–Crippen MR) is 147 cm³/mol. The summed E-state index contributed by atoms with van der Waals surface area (Å²) < 4.78 is 34.3. The molecule has 0 spiro atoms. The van der Waals surface area contributed by atoms with Crippen molar-refractivity contribution in [2.45, 2.75) is 59.7 Å². The van der Waals surface area contributed by atoms with Gasteiger partial charge in [-0.15, -0.1) is 0 Å². The van der Waals surface area contributed by atoms with Crippen molar-refractivity contribution in [2.24, 2.45) is 0 Å². The highest BCUT2D eigenvalue weighted by Crippen LogP contribution is 2.26. The number of hydrogen-bond donors (Lipinski definition) is 1. The van der Waals surface area contributed by atoms with Gasteiger partial charge in [-0.2, -0.15) is 12.7 Å². The van der Waals surface area contributed by atoms with Gasteiger partial charge in [-0.05, 0) is 69.0 Å². The molecule has 0 bridgehead atoms. The van der Waals surface area contributed by atoms with Gasteiger partial charge in [-0.1, -0.05) is 31.2 Å². The van der Waals surface area contributed by atoms with Crippen molar-refractivity contribution in [3.8, 4) is 5.75 Å². The first kappa shape index (κ1) is 30.1. The second-order valence-corrected chi connectivity index (χ2v) is 11.6. The Bertz CT molecular complexity index is 1200. The molecular weight excluding hydrogens is 492 g/mol. The minimum atomic E-state index is -4.02. The average molecular weight is 533 g/mol. The quantitative estimate of drug-likeness (QED) is 0.452. The van der Waals surface area contributed by atoms with Crippen molar-refractivity contribution < 1.29 is 22.7 Å². The van der Waals surface area contributed by atoms with Crippen molar-refractivity contribution in [1.29, 1.82) is 0 Å². The highest BCUT2D eigenvalue weighted by molar-refractivity contribution is 7.90. The molecule has 0 aliphatic rings. The predicted octanol–water partition coefficient (Wildman–Crippen LogP) is 3.26. The Morgan fingerprint density at radius 1 is 1.05 bits per heavy atom. The number of hydrogen-bond acceptors (Lipinski definition) is 5. The number of anilines is 1. The number of methoxy groups -OCH3 is 1. The number of rotatable bonds is 12. The fourth-order valence-corrected chi connectivity index (χ4v) is 5.07. The van der Waals surface area contributed by atoms with Gasteiger partial charge in [0.1, 0.15) is 18.3 Å². The molecule has 2 aromatic rings. The van der Waals surface area contributed by atoms with Crippen molar-refractivity contribution >= 4 is 27.7 Å². The Balaban J connectivity index is 2.57. The Morgan fingerprint density at radius 2 is 1.73 bits per heavy atom. The molecule has 0 unspecified atom stereocenters. The van der Waals surface area contributed by atoms with E-state index in [0.29, 0.717) is 23.4 Å². The SMILES string of the molecule is CC[C@@H](C(=O)NC(C)C)N(Cc1cccc(OC)c1)C(=O)CN(c1cc(C)ccc1C)S(=O)(=O)N(C)C. The van der Waals surface area contributed by atoms with Crippen molar-refractivity contribution in [3.63, 3.8) is 0 Å². The monoisotopic (exact) mass is 532 g/mol. The standard InChI is InChI=1S/C27H40N4O5S/c1-9-24(27(33)28-19(2)3)30(17-22-11-10-12-23(16-22)36-8)26(32)18-31(37(34,35)29(6)7)25-15-20(4)13-14-21(25)5/h10-16,19,24H,9,17-18H2,1-8H3,(H,28,33)/t24-/m0/s1. The Hall–Kier alpha value is -3.11. The zero-order valence-electron chi connectivity index (χ0n) is 23.1. The molecule has 10 heteroatoms. The van der Waals surface area contributed by atoms with Crippen LogP contribution in [-0.4, -0.2) is 69.3 Å². The number of aryl methyl sites for hydroxylation is 2. The van der Waals surface area contributed by atoms with Crippen LogP contribution in [0.5, 0.6) is 5.75 Å². The Kier molecular flexibility index (Phi) is 10.5. The van der Waals surface area contributed by atoms with Crippen LogP contribution >= 0.6 is 0 Å². The van der Waals surface area contributed by atoms with E-state index in [-0.39, 0.29) is 18.5 Å². The van der Waals surface area contributed by atoms with Crippen LogP contribution in [-0.2, 0) is 26.3 Å². The van der Waals surface area contributed by atoms with E-state index in [1.807, 2.05) is 52.0 Å². The number of ether oxygens (including phenoxy) is 1. The summed E-state index contributed by atoms with van der Waals surface area (Å²) >= 11 is 0. The molecule has 0 aliphatic carbocycles. The summed E-state index contributed by atoms with van der Waals surface area (Å²) in [6.07, 6.45) is 0.359. The maximum Gasteiger partial charge on any atom is 0.304 e. The molecule has 0 fully saturated rings. The van der Waals surface area contributed by atoms with Crippen molar-refractivity contribution in [2.75, 3.05) is 32.1 Å². The smallest absolute Gasteiger partial charge is 0.304 e. The van der Waals surface area contributed by atoms with Crippen LogP contribution in [0.2, 0.25) is 0 Å². The average Bonchev–Trinajstić information content (AvgIpc) is 2.83. The van der Waals surface area contributed by atoms with Crippen LogP contribution in [0.15, 0.2) is 42.5 Å². The third-order valence-corrected chi connectivity index (χ3v) is 7.76. The summed E-state index contributed by atoms with van der Waals surface area (Å²) in [7, 11) is 0.395. The molecule has 9 nitrogen and oxygen atoms in total. The summed E-state index contributed by atoms with van der Waals surface area (Å²) in [4.78, 5) is 28.5. The third kappa shape index (κ3) is 7.69. The molecule has 204 valence electrons. The van der Waals surface area contributed by atoms with Gasteiger partial charge in [-0.25, -0.2) is 4.31 Å². The minimum absolute atomic E-state index is 0.114. The number of carbonyl (C=O) groups is 2. The summed E-state index contributed by atoms with van der Waals surface area (Å²) in [5.41, 5.74) is 2.76. The molecule has 2 amide bonds. The molecule has 1 N–H and O–H groups in total. The zero-order chi connectivity index (χ0) is 27.9. The van der Waals surface area contributed by atoms with E-state index in [2.05, 4.69) is 5.32 Å². The van der Waals surface area contributed by atoms with Gasteiger partial charge in [0.2, 0.25) is 11.8 Å². The first-order chi connectivity index (χ1) is 17.3. The van der Waals surface area contributed by atoms with E-state index in [9.17, 15) is 18.0 Å². The maximum absolute atomic E-state index is 13.9. The van der Waals surface area contributed by atoms with E-state index < -0.39 is 28.7 Å². The van der Waals surface area contributed by atoms with Gasteiger partial charge in [0, 0.05) is 26.7 Å². The largest absolute Gasteiger partial charge is 0.497 e. The molecule has 0 radical (unpaired) electrons. The van der Waals surface area contributed by atoms with Gasteiger partial charge < -0.3 is 15.0 Å². The summed E-state index contributed by atoms with van der Waals surface area (Å²) in [5.74, 6) is -0.154. The molecule has 0 aromatic heterocycles. The van der Waals surface area contributed by atoms with E-state index in [1.54, 1.807) is 32.2 Å². The number of benzene rings is 2. The normalized spacial score (nSPS) is 12.4. The lowest BCUT2D eigenvalue weighted by Gasteiger charge is -2.34. The van der Waals surface area contributed by atoms with Crippen LogP contribution in [0.1, 0.15) is 43.9 Å². The first-order valence-electron chi connectivity index (χ1n) is 12.3. The third-order valence-electron chi connectivity index (χ3n) is 5.96. The highest BCUT2D eigenvalue weighted by Gasteiger charge is 2.34. The molecule has 0 aliphatic heterocycles. The molecule has 0 saturated carbocycles.